The first-order valence-electron chi connectivity index (χ1n) is 13.1. The van der Waals surface area contributed by atoms with Crippen molar-refractivity contribution in [2.75, 3.05) is 32.4 Å². The van der Waals surface area contributed by atoms with E-state index >= 15 is 0 Å². The van der Waals surface area contributed by atoms with E-state index in [1.807, 2.05) is 26.0 Å². The summed E-state index contributed by atoms with van der Waals surface area (Å²) in [5.74, 6) is 0.923. The van der Waals surface area contributed by atoms with Crippen molar-refractivity contribution in [3.63, 3.8) is 0 Å². The fourth-order valence-electron chi connectivity index (χ4n) is 4.36. The van der Waals surface area contributed by atoms with Gasteiger partial charge in [-0.05, 0) is 73.5 Å². The van der Waals surface area contributed by atoms with Crippen molar-refractivity contribution in [3.05, 3.63) is 95.6 Å². The van der Waals surface area contributed by atoms with Crippen molar-refractivity contribution in [2.45, 2.75) is 31.6 Å². The Morgan fingerprint density at radius 2 is 1.62 bits per heavy atom. The summed E-state index contributed by atoms with van der Waals surface area (Å²) in [6.45, 7) is 3.90. The van der Waals surface area contributed by atoms with E-state index in [-0.39, 0.29) is 18.2 Å². The highest BCUT2D eigenvalue weighted by Crippen LogP contribution is 2.34. The standard InChI is InChI=1S/C31H33N5O5S/c1-20-15-21(2)34-31(33-20)42-19-28(37)36(18-22-7-6-14-32-17-22)29(23-8-13-26(40-4)27(16-23)41-5)30(38)35-24-9-11-25(39-3)12-10-24/h6-17,29H,18-19H2,1-5H3,(H,35,38)/t29-/m0/s1. The number of nitrogens with zero attached hydrogens (tertiary/aromatic N) is 4. The number of thioether (sulfide) groups is 1. The van der Waals surface area contributed by atoms with Gasteiger partial charge in [0.1, 0.15) is 11.8 Å². The topological polar surface area (TPSA) is 116 Å². The van der Waals surface area contributed by atoms with E-state index in [0.717, 1.165) is 17.0 Å². The molecule has 0 unspecified atom stereocenters. The number of hydrogen-bond acceptors (Lipinski definition) is 9. The Bertz CT molecular complexity index is 1500. The third-order valence-corrected chi connectivity index (χ3v) is 7.16. The van der Waals surface area contributed by atoms with Crippen LogP contribution in [-0.4, -0.2) is 58.7 Å². The van der Waals surface area contributed by atoms with Gasteiger partial charge in [-0.15, -0.1) is 0 Å². The van der Waals surface area contributed by atoms with Crippen LogP contribution in [-0.2, 0) is 16.1 Å². The lowest BCUT2D eigenvalue weighted by Crippen LogP contribution is -2.42. The van der Waals surface area contributed by atoms with Gasteiger partial charge in [0.05, 0.1) is 27.1 Å². The predicted octanol–water partition coefficient (Wildman–Crippen LogP) is 5.02. The molecule has 2 aromatic carbocycles. The van der Waals surface area contributed by atoms with Crippen molar-refractivity contribution < 1.29 is 23.8 Å². The average Bonchev–Trinajstić information content (AvgIpc) is 2.99. The van der Waals surface area contributed by atoms with Crippen LogP contribution in [0.2, 0.25) is 0 Å². The molecule has 11 heteroatoms. The van der Waals surface area contributed by atoms with E-state index in [9.17, 15) is 9.59 Å². The molecular weight excluding hydrogens is 554 g/mol. The molecule has 0 aliphatic carbocycles. The lowest BCUT2D eigenvalue weighted by Gasteiger charge is -2.32. The van der Waals surface area contributed by atoms with Crippen LogP contribution in [0.25, 0.3) is 0 Å². The Balaban J connectivity index is 1.74. The minimum absolute atomic E-state index is 0.0166. The van der Waals surface area contributed by atoms with E-state index < -0.39 is 11.9 Å². The van der Waals surface area contributed by atoms with Crippen LogP contribution in [0.5, 0.6) is 17.2 Å². The van der Waals surface area contributed by atoms with Crippen LogP contribution < -0.4 is 19.5 Å². The zero-order valence-corrected chi connectivity index (χ0v) is 25.0. The molecule has 0 bridgehead atoms. The van der Waals surface area contributed by atoms with Gasteiger partial charge in [0.15, 0.2) is 16.7 Å². The number of methoxy groups -OCH3 is 3. The van der Waals surface area contributed by atoms with Crippen molar-refractivity contribution in [3.8, 4) is 17.2 Å². The monoisotopic (exact) mass is 587 g/mol. The van der Waals surface area contributed by atoms with Gasteiger partial charge < -0.3 is 24.4 Å². The fraction of sp³-hybridized carbons (Fsp3) is 0.258. The first-order valence-corrected chi connectivity index (χ1v) is 14.1. The van der Waals surface area contributed by atoms with Crippen LogP contribution >= 0.6 is 11.8 Å². The van der Waals surface area contributed by atoms with Crippen molar-refractivity contribution in [1.29, 1.82) is 0 Å². The number of benzene rings is 2. The minimum Gasteiger partial charge on any atom is -0.497 e. The second-order valence-electron chi connectivity index (χ2n) is 9.34. The number of amides is 2. The summed E-state index contributed by atoms with van der Waals surface area (Å²) in [5, 5.41) is 3.45. The molecule has 10 nitrogen and oxygen atoms in total. The van der Waals surface area contributed by atoms with Gasteiger partial charge in [-0.1, -0.05) is 23.9 Å². The molecule has 0 aliphatic rings. The zero-order chi connectivity index (χ0) is 30.1. The number of carbonyl (C=O) groups excluding carboxylic acids is 2. The molecule has 0 spiro atoms. The summed E-state index contributed by atoms with van der Waals surface area (Å²) in [4.78, 5) is 42.7. The number of hydrogen-bond donors (Lipinski definition) is 1. The number of anilines is 1. The van der Waals surface area contributed by atoms with Crippen LogP contribution in [0.1, 0.15) is 28.6 Å². The number of ether oxygens (including phenoxy) is 3. The first-order chi connectivity index (χ1) is 20.3. The maximum Gasteiger partial charge on any atom is 0.251 e. The Morgan fingerprint density at radius 1 is 0.905 bits per heavy atom. The predicted molar refractivity (Wildman–Crippen MR) is 161 cm³/mol. The Kier molecular flexibility index (Phi) is 10.3. The highest BCUT2D eigenvalue weighted by atomic mass is 32.2. The van der Waals surface area contributed by atoms with Gasteiger partial charge in [-0.3, -0.25) is 14.6 Å². The minimum atomic E-state index is -1.03. The van der Waals surface area contributed by atoms with E-state index in [0.29, 0.717) is 33.7 Å². The molecule has 2 aromatic heterocycles. The van der Waals surface area contributed by atoms with Gasteiger partial charge in [-0.25, -0.2) is 9.97 Å². The molecule has 0 fully saturated rings. The molecule has 218 valence electrons. The average molecular weight is 588 g/mol. The normalized spacial score (nSPS) is 11.4. The summed E-state index contributed by atoms with van der Waals surface area (Å²) in [6, 6.07) is 16.7. The molecule has 2 heterocycles. The number of aryl methyl sites for hydroxylation is 2. The van der Waals surface area contributed by atoms with Gasteiger partial charge >= 0.3 is 0 Å². The maximum absolute atomic E-state index is 14.1. The number of aromatic nitrogens is 3. The smallest absolute Gasteiger partial charge is 0.251 e. The number of nitrogens with one attached hydrogen (secondary N) is 1. The molecule has 0 aliphatic heterocycles. The van der Waals surface area contributed by atoms with Crippen molar-refractivity contribution >= 4 is 29.3 Å². The van der Waals surface area contributed by atoms with Crippen LogP contribution in [0, 0.1) is 13.8 Å². The summed E-state index contributed by atoms with van der Waals surface area (Å²) in [5.41, 5.74) is 3.49. The zero-order valence-electron chi connectivity index (χ0n) is 24.2. The Hall–Kier alpha value is -4.64. The second-order valence-corrected chi connectivity index (χ2v) is 10.3. The molecule has 0 saturated heterocycles. The molecule has 1 atom stereocenters. The number of rotatable bonds is 12. The highest BCUT2D eigenvalue weighted by molar-refractivity contribution is 7.99. The summed E-state index contributed by atoms with van der Waals surface area (Å²) in [6.07, 6.45) is 3.33. The van der Waals surface area contributed by atoms with Gasteiger partial charge in [-0.2, -0.15) is 0 Å². The maximum atomic E-state index is 14.1. The Labute approximate surface area is 249 Å². The summed E-state index contributed by atoms with van der Waals surface area (Å²) >= 11 is 1.22. The van der Waals surface area contributed by atoms with E-state index in [4.69, 9.17) is 14.2 Å². The molecule has 42 heavy (non-hydrogen) atoms. The summed E-state index contributed by atoms with van der Waals surface area (Å²) in [7, 11) is 4.63. The number of pyridine rings is 1. The molecule has 1 N–H and O–H groups in total. The van der Waals surface area contributed by atoms with Gasteiger partial charge in [0.2, 0.25) is 5.91 Å². The molecule has 0 saturated carbocycles. The summed E-state index contributed by atoms with van der Waals surface area (Å²) < 4.78 is 16.2. The number of carbonyl (C=O) groups is 2. The molecular formula is C31H33N5O5S. The van der Waals surface area contributed by atoms with Crippen LogP contribution in [0.15, 0.2) is 78.2 Å². The molecule has 4 rings (SSSR count). The highest BCUT2D eigenvalue weighted by Gasteiger charge is 2.33. The SMILES string of the molecule is COc1ccc(NC(=O)[C@H](c2ccc(OC)c(OC)c2)N(Cc2cccnc2)C(=O)CSc2nc(C)cc(C)n2)cc1. The Morgan fingerprint density at radius 3 is 2.24 bits per heavy atom. The molecule has 2 amide bonds. The molecule has 0 radical (unpaired) electrons. The van der Waals surface area contributed by atoms with Crippen LogP contribution in [0.4, 0.5) is 5.69 Å². The lowest BCUT2D eigenvalue weighted by atomic mass is 10.0. The van der Waals surface area contributed by atoms with Gasteiger partial charge in [0.25, 0.3) is 5.91 Å². The van der Waals surface area contributed by atoms with Crippen LogP contribution in [0.3, 0.4) is 0 Å². The lowest BCUT2D eigenvalue weighted by molar-refractivity contribution is -0.137. The third kappa shape index (κ3) is 7.76. The largest absolute Gasteiger partial charge is 0.497 e. The van der Waals surface area contributed by atoms with E-state index in [2.05, 4.69) is 20.3 Å². The van der Waals surface area contributed by atoms with Crippen molar-refractivity contribution in [2.24, 2.45) is 0 Å². The van der Waals surface area contributed by atoms with E-state index in [1.165, 1.54) is 30.9 Å². The first kappa shape index (κ1) is 30.3. The van der Waals surface area contributed by atoms with Gasteiger partial charge in [0, 0.05) is 36.0 Å². The van der Waals surface area contributed by atoms with E-state index in [1.54, 1.807) is 68.0 Å². The van der Waals surface area contributed by atoms with Crippen molar-refractivity contribution in [1.82, 2.24) is 19.9 Å². The molecule has 4 aromatic rings. The second kappa shape index (κ2) is 14.3. The quantitative estimate of drug-likeness (QED) is 0.180. The fourth-order valence-corrected chi connectivity index (χ4v) is 5.20. The third-order valence-electron chi connectivity index (χ3n) is 6.32.